The van der Waals surface area contributed by atoms with Crippen LogP contribution >= 0.6 is 0 Å². The average Bonchev–Trinajstić information content (AvgIpc) is 2.80. The first-order valence-electron chi connectivity index (χ1n) is 10.8. The van der Waals surface area contributed by atoms with Gasteiger partial charge in [-0.25, -0.2) is 0 Å². The second-order valence-corrected chi connectivity index (χ2v) is 7.55. The van der Waals surface area contributed by atoms with Crippen molar-refractivity contribution in [1.82, 2.24) is 10.2 Å². The smallest absolute Gasteiger partial charge is 0.242 e. The van der Waals surface area contributed by atoms with E-state index in [0.717, 1.165) is 30.4 Å². The van der Waals surface area contributed by atoms with E-state index in [2.05, 4.69) is 12.2 Å². The maximum absolute atomic E-state index is 13.3. The molecule has 6 nitrogen and oxygen atoms in total. The zero-order valence-corrected chi connectivity index (χ0v) is 19.0. The van der Waals surface area contributed by atoms with Gasteiger partial charge in [-0.2, -0.15) is 0 Å². The first-order chi connectivity index (χ1) is 15.0. The van der Waals surface area contributed by atoms with Crippen molar-refractivity contribution in [3.8, 4) is 11.5 Å². The molecular formula is C25H34N2O4. The second-order valence-electron chi connectivity index (χ2n) is 7.55. The monoisotopic (exact) mass is 426 g/mol. The van der Waals surface area contributed by atoms with Crippen LogP contribution in [0.2, 0.25) is 0 Å². The van der Waals surface area contributed by atoms with Crippen LogP contribution in [0.1, 0.15) is 44.2 Å². The lowest BCUT2D eigenvalue weighted by Gasteiger charge is -2.29. The summed E-state index contributed by atoms with van der Waals surface area (Å²) in [6.07, 6.45) is 3.27. The molecule has 0 saturated carbocycles. The third-order valence-electron chi connectivity index (χ3n) is 5.25. The molecule has 0 aromatic heterocycles. The fourth-order valence-electron chi connectivity index (χ4n) is 3.36. The summed E-state index contributed by atoms with van der Waals surface area (Å²) in [5.74, 6) is 0.934. The molecule has 0 heterocycles. The molecule has 2 aromatic rings. The van der Waals surface area contributed by atoms with Crippen LogP contribution in [0.5, 0.6) is 11.5 Å². The van der Waals surface area contributed by atoms with Crippen LogP contribution < -0.4 is 14.8 Å². The topological polar surface area (TPSA) is 67.9 Å². The molecule has 0 spiro atoms. The lowest BCUT2D eigenvalue weighted by molar-refractivity contribution is -0.140. The molecule has 1 unspecified atom stereocenters. The van der Waals surface area contributed by atoms with Crippen LogP contribution in [-0.4, -0.2) is 43.5 Å². The Kier molecular flexibility index (Phi) is 9.88. The number of nitrogens with one attached hydrogen (secondary N) is 1. The highest BCUT2D eigenvalue weighted by molar-refractivity contribution is 5.88. The number of unbranched alkanes of at least 4 members (excludes halogenated alkanes) is 2. The Bertz CT molecular complexity index is 839. The maximum atomic E-state index is 13.3. The van der Waals surface area contributed by atoms with Gasteiger partial charge in [0.15, 0.2) is 11.5 Å². The predicted molar refractivity (Wildman–Crippen MR) is 122 cm³/mol. The molecule has 0 radical (unpaired) electrons. The summed E-state index contributed by atoms with van der Waals surface area (Å²) in [6, 6.07) is 14.6. The average molecular weight is 427 g/mol. The highest BCUT2D eigenvalue weighted by Crippen LogP contribution is 2.28. The summed E-state index contributed by atoms with van der Waals surface area (Å²) in [6.45, 7) is 4.90. The first kappa shape index (κ1) is 24.3. The molecule has 0 aliphatic carbocycles. The van der Waals surface area contributed by atoms with Crippen molar-refractivity contribution in [3.05, 3.63) is 59.7 Å². The fraction of sp³-hybridized carbons (Fsp3) is 0.440. The summed E-state index contributed by atoms with van der Waals surface area (Å²) in [5, 5.41) is 2.97. The van der Waals surface area contributed by atoms with Crippen molar-refractivity contribution >= 4 is 11.8 Å². The molecule has 2 rings (SSSR count). The molecule has 6 heteroatoms. The normalized spacial score (nSPS) is 11.5. The molecule has 0 bridgehead atoms. The number of hydrogen-bond donors (Lipinski definition) is 1. The Hall–Kier alpha value is -3.02. The molecule has 1 atom stereocenters. The zero-order valence-electron chi connectivity index (χ0n) is 19.0. The second kappa shape index (κ2) is 12.6. The van der Waals surface area contributed by atoms with Gasteiger partial charge < -0.3 is 19.7 Å². The van der Waals surface area contributed by atoms with Gasteiger partial charge in [-0.1, -0.05) is 56.2 Å². The molecule has 0 aliphatic heterocycles. The van der Waals surface area contributed by atoms with Gasteiger partial charge in [0.2, 0.25) is 11.8 Å². The molecule has 0 fully saturated rings. The molecule has 0 aliphatic rings. The lowest BCUT2D eigenvalue weighted by atomic mass is 10.1. The summed E-state index contributed by atoms with van der Waals surface area (Å²) in [7, 11) is 3.14. The van der Waals surface area contributed by atoms with E-state index in [1.807, 2.05) is 36.4 Å². The largest absolute Gasteiger partial charge is 0.493 e. The fourth-order valence-corrected chi connectivity index (χ4v) is 3.36. The van der Waals surface area contributed by atoms with E-state index >= 15 is 0 Å². The number of carbonyl (C=O) groups is 2. The molecular weight excluding hydrogens is 392 g/mol. The summed E-state index contributed by atoms with van der Waals surface area (Å²) >= 11 is 0. The minimum atomic E-state index is -0.575. The molecule has 0 saturated heterocycles. The minimum Gasteiger partial charge on any atom is -0.493 e. The van der Waals surface area contributed by atoms with E-state index in [1.165, 1.54) is 0 Å². The Labute approximate surface area is 185 Å². The molecule has 168 valence electrons. The Morgan fingerprint density at radius 2 is 1.68 bits per heavy atom. The number of nitrogens with zero attached hydrogens (tertiary/aromatic N) is 1. The van der Waals surface area contributed by atoms with E-state index in [9.17, 15) is 9.59 Å². The zero-order chi connectivity index (χ0) is 22.6. The van der Waals surface area contributed by atoms with Crippen molar-refractivity contribution in [3.63, 3.8) is 0 Å². The van der Waals surface area contributed by atoms with Gasteiger partial charge >= 0.3 is 0 Å². The Balaban J connectivity index is 2.16. The highest BCUT2D eigenvalue weighted by Gasteiger charge is 2.26. The predicted octanol–water partition coefficient (Wildman–Crippen LogP) is 3.97. The number of hydrogen-bond acceptors (Lipinski definition) is 4. The maximum Gasteiger partial charge on any atom is 0.242 e. The number of rotatable bonds is 12. The molecule has 2 aromatic carbocycles. The van der Waals surface area contributed by atoms with E-state index < -0.39 is 6.04 Å². The standard InChI is InChI=1S/C25H34N2O4/c1-5-6-10-15-26-25(29)19(2)27(18-20-11-8-7-9-12-20)24(28)17-21-13-14-22(30-3)23(16-21)31-4/h7-9,11-14,16,19H,5-6,10,15,17-18H2,1-4H3,(H,26,29). The quantitative estimate of drug-likeness (QED) is 0.522. The van der Waals surface area contributed by atoms with Crippen molar-refractivity contribution in [2.24, 2.45) is 0 Å². The number of carbonyl (C=O) groups excluding carboxylic acids is 2. The van der Waals surface area contributed by atoms with Crippen molar-refractivity contribution in [2.75, 3.05) is 20.8 Å². The van der Waals surface area contributed by atoms with Crippen LogP contribution in [-0.2, 0) is 22.6 Å². The van der Waals surface area contributed by atoms with Gasteiger partial charge in [0, 0.05) is 13.1 Å². The Morgan fingerprint density at radius 1 is 0.968 bits per heavy atom. The number of ether oxygens (including phenoxy) is 2. The third-order valence-corrected chi connectivity index (χ3v) is 5.25. The van der Waals surface area contributed by atoms with Crippen LogP contribution in [0.4, 0.5) is 0 Å². The van der Waals surface area contributed by atoms with Gasteiger partial charge in [-0.3, -0.25) is 9.59 Å². The number of methoxy groups -OCH3 is 2. The van der Waals surface area contributed by atoms with Gasteiger partial charge in [-0.05, 0) is 36.6 Å². The van der Waals surface area contributed by atoms with Gasteiger partial charge in [0.05, 0.1) is 20.6 Å². The molecule has 2 amide bonds. The van der Waals surface area contributed by atoms with Crippen LogP contribution in [0.3, 0.4) is 0 Å². The van der Waals surface area contributed by atoms with Crippen LogP contribution in [0.15, 0.2) is 48.5 Å². The number of amides is 2. The SMILES string of the molecule is CCCCCNC(=O)C(C)N(Cc1ccccc1)C(=O)Cc1ccc(OC)c(OC)c1. The van der Waals surface area contributed by atoms with Crippen molar-refractivity contribution in [2.45, 2.75) is 52.1 Å². The summed E-state index contributed by atoms with van der Waals surface area (Å²) in [4.78, 5) is 27.6. The molecule has 1 N–H and O–H groups in total. The van der Waals surface area contributed by atoms with E-state index in [4.69, 9.17) is 9.47 Å². The van der Waals surface area contributed by atoms with Crippen LogP contribution in [0, 0.1) is 0 Å². The van der Waals surface area contributed by atoms with E-state index in [0.29, 0.717) is 24.6 Å². The lowest BCUT2D eigenvalue weighted by Crippen LogP contribution is -2.48. The van der Waals surface area contributed by atoms with Crippen LogP contribution in [0.25, 0.3) is 0 Å². The highest BCUT2D eigenvalue weighted by atomic mass is 16.5. The summed E-state index contributed by atoms with van der Waals surface area (Å²) in [5.41, 5.74) is 1.78. The van der Waals surface area contributed by atoms with Crippen molar-refractivity contribution in [1.29, 1.82) is 0 Å². The third kappa shape index (κ3) is 7.31. The number of benzene rings is 2. The first-order valence-corrected chi connectivity index (χ1v) is 10.8. The van der Waals surface area contributed by atoms with Gasteiger partial charge in [0.1, 0.15) is 6.04 Å². The summed E-state index contributed by atoms with van der Waals surface area (Å²) < 4.78 is 10.6. The van der Waals surface area contributed by atoms with Crippen molar-refractivity contribution < 1.29 is 19.1 Å². The van der Waals surface area contributed by atoms with E-state index in [-0.39, 0.29) is 18.2 Å². The molecule has 31 heavy (non-hydrogen) atoms. The van der Waals surface area contributed by atoms with Gasteiger partial charge in [0.25, 0.3) is 0 Å². The van der Waals surface area contributed by atoms with Gasteiger partial charge in [-0.15, -0.1) is 0 Å². The Morgan fingerprint density at radius 3 is 2.32 bits per heavy atom. The van der Waals surface area contributed by atoms with E-state index in [1.54, 1.807) is 38.2 Å². The minimum absolute atomic E-state index is 0.118.